The number of halogens is 1. The maximum absolute atomic E-state index is 11.2. The molecular weight excluding hydrogens is 310 g/mol. The number of hydrogen-bond acceptors (Lipinski definition) is 4. The predicted octanol–water partition coefficient (Wildman–Crippen LogP) is 3.75. The molecule has 2 aromatic rings. The second kappa shape index (κ2) is 5.93. The van der Waals surface area contributed by atoms with Gasteiger partial charge >= 0.3 is 5.97 Å². The van der Waals surface area contributed by atoms with E-state index in [-0.39, 0.29) is 5.76 Å². The summed E-state index contributed by atoms with van der Waals surface area (Å²) >= 11 is 3.45. The number of rotatable bonds is 4. The van der Waals surface area contributed by atoms with Crippen LogP contribution in [-0.4, -0.2) is 13.1 Å². The minimum Gasteiger partial charge on any atom is -0.463 e. The highest BCUT2D eigenvalue weighted by Gasteiger charge is 2.10. The van der Waals surface area contributed by atoms with Gasteiger partial charge < -0.3 is 14.5 Å². The van der Waals surface area contributed by atoms with Gasteiger partial charge in [0.05, 0.1) is 13.7 Å². The van der Waals surface area contributed by atoms with Crippen molar-refractivity contribution in [3.05, 3.63) is 51.9 Å². The normalized spacial score (nSPS) is 10.3. The number of ether oxygens (including phenoxy) is 1. The van der Waals surface area contributed by atoms with Crippen molar-refractivity contribution in [3.8, 4) is 0 Å². The zero-order valence-corrected chi connectivity index (χ0v) is 12.3. The van der Waals surface area contributed by atoms with Crippen molar-refractivity contribution >= 4 is 27.6 Å². The SMILES string of the molecule is COC(=O)c1ccc(CNc2ccc(Br)c(C)c2)o1. The number of aryl methyl sites for hydroxylation is 1. The highest BCUT2D eigenvalue weighted by Crippen LogP contribution is 2.20. The Labute approximate surface area is 119 Å². The molecule has 0 aliphatic heterocycles. The minimum atomic E-state index is -0.467. The molecular formula is C14H14BrNO3. The highest BCUT2D eigenvalue weighted by molar-refractivity contribution is 9.10. The van der Waals surface area contributed by atoms with Crippen LogP contribution in [-0.2, 0) is 11.3 Å². The van der Waals surface area contributed by atoms with Gasteiger partial charge in [0.1, 0.15) is 5.76 Å². The smallest absolute Gasteiger partial charge is 0.373 e. The fraction of sp³-hybridized carbons (Fsp3) is 0.214. The van der Waals surface area contributed by atoms with Crippen molar-refractivity contribution in [2.45, 2.75) is 13.5 Å². The summed E-state index contributed by atoms with van der Waals surface area (Å²) in [5.41, 5.74) is 2.15. The Morgan fingerprint density at radius 1 is 1.37 bits per heavy atom. The van der Waals surface area contributed by atoms with Crippen molar-refractivity contribution in [1.29, 1.82) is 0 Å². The van der Waals surface area contributed by atoms with Crippen LogP contribution in [0.5, 0.6) is 0 Å². The fourth-order valence-electron chi connectivity index (χ4n) is 1.63. The number of anilines is 1. The molecule has 1 N–H and O–H groups in total. The molecule has 4 nitrogen and oxygen atoms in total. The average Bonchev–Trinajstić information content (AvgIpc) is 2.88. The molecule has 0 fully saturated rings. The largest absolute Gasteiger partial charge is 0.463 e. The van der Waals surface area contributed by atoms with Crippen molar-refractivity contribution in [3.63, 3.8) is 0 Å². The average molecular weight is 324 g/mol. The van der Waals surface area contributed by atoms with E-state index in [9.17, 15) is 4.79 Å². The molecule has 0 spiro atoms. The van der Waals surface area contributed by atoms with Gasteiger partial charge in [0.2, 0.25) is 5.76 Å². The van der Waals surface area contributed by atoms with E-state index < -0.39 is 5.97 Å². The van der Waals surface area contributed by atoms with Gasteiger partial charge in [-0.2, -0.15) is 0 Å². The fourth-order valence-corrected chi connectivity index (χ4v) is 1.87. The summed E-state index contributed by atoms with van der Waals surface area (Å²) in [6.45, 7) is 2.54. The van der Waals surface area contributed by atoms with Gasteiger partial charge in [0.15, 0.2) is 0 Å². The maximum atomic E-state index is 11.2. The Balaban J connectivity index is 2.00. The summed E-state index contributed by atoms with van der Waals surface area (Å²) in [4.78, 5) is 11.2. The third kappa shape index (κ3) is 3.38. The van der Waals surface area contributed by atoms with Crippen molar-refractivity contribution in [2.24, 2.45) is 0 Å². The van der Waals surface area contributed by atoms with Crippen molar-refractivity contribution in [1.82, 2.24) is 0 Å². The van der Waals surface area contributed by atoms with Crippen LogP contribution in [0.2, 0.25) is 0 Å². The molecule has 0 radical (unpaired) electrons. The van der Waals surface area contributed by atoms with Crippen molar-refractivity contribution in [2.75, 3.05) is 12.4 Å². The number of esters is 1. The van der Waals surface area contributed by atoms with Gasteiger partial charge in [-0.15, -0.1) is 0 Å². The molecule has 19 heavy (non-hydrogen) atoms. The molecule has 1 aromatic heterocycles. The minimum absolute atomic E-state index is 0.214. The second-order valence-corrected chi connectivity index (χ2v) is 4.93. The van der Waals surface area contributed by atoms with Crippen LogP contribution in [0.25, 0.3) is 0 Å². The number of methoxy groups -OCH3 is 1. The summed E-state index contributed by atoms with van der Waals surface area (Å²) in [6, 6.07) is 9.36. The van der Waals surface area contributed by atoms with Crippen LogP contribution in [0.4, 0.5) is 5.69 Å². The lowest BCUT2D eigenvalue weighted by Gasteiger charge is -2.06. The van der Waals surface area contributed by atoms with Gasteiger partial charge in [-0.25, -0.2) is 4.79 Å². The molecule has 0 bridgehead atoms. The molecule has 0 saturated carbocycles. The molecule has 1 heterocycles. The molecule has 0 unspecified atom stereocenters. The standard InChI is InChI=1S/C14H14BrNO3/c1-9-7-10(3-5-12(9)15)16-8-11-4-6-13(19-11)14(17)18-2/h3-7,16H,8H2,1-2H3. The summed E-state index contributed by atoms with van der Waals surface area (Å²) in [6.07, 6.45) is 0. The lowest BCUT2D eigenvalue weighted by atomic mass is 10.2. The lowest BCUT2D eigenvalue weighted by molar-refractivity contribution is 0.0563. The third-order valence-corrected chi connectivity index (χ3v) is 3.56. The van der Waals surface area contributed by atoms with Gasteiger partial charge in [0.25, 0.3) is 0 Å². The van der Waals surface area contributed by atoms with E-state index in [0.717, 1.165) is 15.7 Å². The van der Waals surface area contributed by atoms with Gasteiger partial charge in [-0.1, -0.05) is 15.9 Å². The molecule has 0 saturated heterocycles. The van der Waals surface area contributed by atoms with Crippen LogP contribution in [0, 0.1) is 6.92 Å². The Bertz CT molecular complexity index is 592. The first-order valence-electron chi connectivity index (χ1n) is 5.77. The van der Waals surface area contributed by atoms with Crippen LogP contribution < -0.4 is 5.32 Å². The maximum Gasteiger partial charge on any atom is 0.373 e. The molecule has 0 aliphatic rings. The Morgan fingerprint density at radius 3 is 2.84 bits per heavy atom. The summed E-state index contributed by atoms with van der Waals surface area (Å²) in [5.74, 6) is 0.429. The van der Waals surface area contributed by atoms with Crippen LogP contribution >= 0.6 is 15.9 Å². The van der Waals surface area contributed by atoms with Gasteiger partial charge in [-0.05, 0) is 42.8 Å². The van der Waals surface area contributed by atoms with Gasteiger partial charge in [-0.3, -0.25) is 0 Å². The molecule has 2 rings (SSSR count). The van der Waals surface area contributed by atoms with Gasteiger partial charge in [0, 0.05) is 10.2 Å². The topological polar surface area (TPSA) is 51.5 Å². The van der Waals surface area contributed by atoms with E-state index in [0.29, 0.717) is 12.3 Å². The van der Waals surface area contributed by atoms with Crippen LogP contribution in [0.3, 0.4) is 0 Å². The van der Waals surface area contributed by atoms with E-state index in [1.165, 1.54) is 7.11 Å². The number of carbonyl (C=O) groups is 1. The van der Waals surface area contributed by atoms with Crippen LogP contribution in [0.1, 0.15) is 21.9 Å². The quantitative estimate of drug-likeness (QED) is 0.870. The lowest BCUT2D eigenvalue weighted by Crippen LogP contribution is -2.00. The number of benzene rings is 1. The number of hydrogen-bond donors (Lipinski definition) is 1. The summed E-state index contributed by atoms with van der Waals surface area (Å²) in [5, 5.41) is 3.23. The van der Waals surface area contributed by atoms with E-state index in [1.807, 2.05) is 25.1 Å². The van der Waals surface area contributed by atoms with E-state index in [2.05, 4.69) is 26.0 Å². The predicted molar refractivity (Wildman–Crippen MR) is 76.3 cm³/mol. The van der Waals surface area contributed by atoms with Crippen LogP contribution in [0.15, 0.2) is 39.2 Å². The van der Waals surface area contributed by atoms with E-state index in [4.69, 9.17) is 4.42 Å². The molecule has 0 amide bonds. The Morgan fingerprint density at radius 2 is 2.16 bits per heavy atom. The zero-order chi connectivity index (χ0) is 13.8. The molecule has 0 atom stereocenters. The molecule has 100 valence electrons. The Kier molecular flexibility index (Phi) is 4.27. The number of carbonyl (C=O) groups excluding carboxylic acids is 1. The first-order chi connectivity index (χ1) is 9.10. The van der Waals surface area contributed by atoms with Crippen molar-refractivity contribution < 1.29 is 13.9 Å². The summed E-state index contributed by atoms with van der Waals surface area (Å²) < 4.78 is 11.0. The Hall–Kier alpha value is -1.75. The number of furan rings is 1. The highest BCUT2D eigenvalue weighted by atomic mass is 79.9. The van der Waals surface area contributed by atoms with E-state index in [1.54, 1.807) is 12.1 Å². The summed E-state index contributed by atoms with van der Waals surface area (Å²) in [7, 11) is 1.33. The van der Waals surface area contributed by atoms with E-state index >= 15 is 0 Å². The third-order valence-electron chi connectivity index (χ3n) is 2.67. The number of nitrogens with one attached hydrogen (secondary N) is 1. The monoisotopic (exact) mass is 323 g/mol. The molecule has 0 aliphatic carbocycles. The second-order valence-electron chi connectivity index (χ2n) is 4.08. The first-order valence-corrected chi connectivity index (χ1v) is 6.56. The molecule has 5 heteroatoms. The first kappa shape index (κ1) is 13.7. The zero-order valence-electron chi connectivity index (χ0n) is 10.7. The molecule has 1 aromatic carbocycles.